The zero-order valence-electron chi connectivity index (χ0n) is 20.7. The van der Waals surface area contributed by atoms with Crippen molar-refractivity contribution in [3.63, 3.8) is 0 Å². The van der Waals surface area contributed by atoms with Crippen LogP contribution in [0.15, 0.2) is 42.5 Å². The second-order valence-electron chi connectivity index (χ2n) is 8.88. The van der Waals surface area contributed by atoms with Gasteiger partial charge < -0.3 is 10.2 Å². The molecule has 1 atom stereocenters. The number of nitrogens with one attached hydrogen (secondary N) is 1. The summed E-state index contributed by atoms with van der Waals surface area (Å²) in [7, 11) is -3.84. The van der Waals surface area contributed by atoms with Crippen LogP contribution in [-0.4, -0.2) is 50.5 Å². The minimum absolute atomic E-state index is 0.0538. The van der Waals surface area contributed by atoms with Crippen LogP contribution < -0.4 is 9.62 Å². The van der Waals surface area contributed by atoms with E-state index in [2.05, 4.69) is 5.32 Å². The molecule has 2 amide bonds. The maximum Gasteiger partial charge on any atom is 0.244 e. The van der Waals surface area contributed by atoms with Crippen LogP contribution in [0.4, 0.5) is 5.69 Å². The molecule has 10 heteroatoms. The van der Waals surface area contributed by atoms with E-state index in [-0.39, 0.29) is 18.4 Å². The number of sulfonamides is 1. The highest BCUT2D eigenvalue weighted by atomic mass is 35.5. The van der Waals surface area contributed by atoms with Crippen LogP contribution >= 0.6 is 23.2 Å². The lowest BCUT2D eigenvalue weighted by molar-refractivity contribution is -0.140. The van der Waals surface area contributed by atoms with Gasteiger partial charge in [0.05, 0.1) is 11.9 Å². The second-order valence-corrected chi connectivity index (χ2v) is 11.6. The van der Waals surface area contributed by atoms with Gasteiger partial charge in [-0.2, -0.15) is 0 Å². The molecule has 2 rings (SSSR count). The highest BCUT2D eigenvalue weighted by Gasteiger charge is 2.32. The molecular weight excluding hydrogens is 509 g/mol. The molecule has 0 aliphatic rings. The Balaban J connectivity index is 2.48. The molecule has 7 nitrogen and oxygen atoms in total. The fraction of sp³-hybridized carbons (Fsp3) is 0.440. The van der Waals surface area contributed by atoms with E-state index in [0.717, 1.165) is 10.6 Å². The Morgan fingerprint density at radius 1 is 1.09 bits per heavy atom. The molecule has 0 aliphatic carbocycles. The van der Waals surface area contributed by atoms with Crippen LogP contribution in [-0.2, 0) is 26.2 Å². The number of amides is 2. The standard InChI is InChI=1S/C25H33Cl2N3O4S/c1-6-22(25(32)28-14-17(2)3)29(15-19-9-7-8-10-21(19)27)24(31)16-30(35(5,33)34)23-13-20(26)12-11-18(23)4/h7-13,17,22H,6,14-16H2,1-5H3,(H,28,32)/t22-/m0/s1. The zero-order chi connectivity index (χ0) is 26.3. The molecule has 0 bridgehead atoms. The van der Waals surface area contributed by atoms with Crippen molar-refractivity contribution in [3.05, 3.63) is 63.6 Å². The van der Waals surface area contributed by atoms with Crippen LogP contribution in [0.2, 0.25) is 10.0 Å². The van der Waals surface area contributed by atoms with Crippen molar-refractivity contribution in [2.24, 2.45) is 5.92 Å². The topological polar surface area (TPSA) is 86.8 Å². The largest absolute Gasteiger partial charge is 0.354 e. The van der Waals surface area contributed by atoms with Crippen LogP contribution in [0, 0.1) is 12.8 Å². The maximum atomic E-state index is 13.7. The van der Waals surface area contributed by atoms with Crippen molar-refractivity contribution >= 4 is 50.7 Å². The first-order valence-electron chi connectivity index (χ1n) is 11.4. The average Bonchev–Trinajstić information content (AvgIpc) is 2.78. The number of halogens is 2. The monoisotopic (exact) mass is 541 g/mol. The summed E-state index contributed by atoms with van der Waals surface area (Å²) in [5.74, 6) is -0.594. The summed E-state index contributed by atoms with van der Waals surface area (Å²) < 4.78 is 26.5. The third kappa shape index (κ3) is 8.12. The van der Waals surface area contributed by atoms with E-state index in [9.17, 15) is 18.0 Å². The molecule has 0 radical (unpaired) electrons. The Kier molecular flexibility index (Phi) is 10.4. The molecule has 0 saturated heterocycles. The fourth-order valence-electron chi connectivity index (χ4n) is 3.60. The number of hydrogen-bond donors (Lipinski definition) is 1. The number of nitrogens with zero attached hydrogens (tertiary/aromatic N) is 2. The molecule has 2 aromatic rings. The number of aryl methyl sites for hydroxylation is 1. The lowest BCUT2D eigenvalue weighted by Gasteiger charge is -2.33. The van der Waals surface area contributed by atoms with Crippen molar-refractivity contribution in [2.75, 3.05) is 23.7 Å². The van der Waals surface area contributed by atoms with Gasteiger partial charge in [0.1, 0.15) is 12.6 Å². The summed E-state index contributed by atoms with van der Waals surface area (Å²) in [5, 5.41) is 3.68. The minimum Gasteiger partial charge on any atom is -0.354 e. The Bertz CT molecular complexity index is 1160. The summed E-state index contributed by atoms with van der Waals surface area (Å²) in [6.07, 6.45) is 1.38. The molecule has 0 unspecified atom stereocenters. The summed E-state index contributed by atoms with van der Waals surface area (Å²) in [6.45, 7) is 7.53. The van der Waals surface area contributed by atoms with Crippen molar-refractivity contribution < 1.29 is 18.0 Å². The van der Waals surface area contributed by atoms with E-state index < -0.39 is 28.5 Å². The molecular formula is C25H33Cl2N3O4S. The molecule has 0 aliphatic heterocycles. The van der Waals surface area contributed by atoms with E-state index in [1.807, 2.05) is 20.8 Å². The second kappa shape index (κ2) is 12.6. The van der Waals surface area contributed by atoms with Crippen LogP contribution in [0.25, 0.3) is 0 Å². The molecule has 0 aromatic heterocycles. The molecule has 192 valence electrons. The first-order chi connectivity index (χ1) is 16.3. The Hall–Kier alpha value is -2.29. The number of carbonyl (C=O) groups is 2. The highest BCUT2D eigenvalue weighted by Crippen LogP contribution is 2.27. The molecule has 0 fully saturated rings. The predicted molar refractivity (Wildman–Crippen MR) is 142 cm³/mol. The van der Waals surface area contributed by atoms with Gasteiger partial charge in [0.25, 0.3) is 0 Å². The molecule has 0 heterocycles. The van der Waals surface area contributed by atoms with E-state index in [4.69, 9.17) is 23.2 Å². The van der Waals surface area contributed by atoms with Crippen LogP contribution in [0.5, 0.6) is 0 Å². The molecule has 35 heavy (non-hydrogen) atoms. The van der Waals surface area contributed by atoms with Crippen molar-refractivity contribution in [3.8, 4) is 0 Å². The van der Waals surface area contributed by atoms with Gasteiger partial charge >= 0.3 is 0 Å². The van der Waals surface area contributed by atoms with Crippen molar-refractivity contribution in [2.45, 2.75) is 46.7 Å². The number of benzene rings is 2. The average molecular weight is 543 g/mol. The van der Waals surface area contributed by atoms with Crippen LogP contribution in [0.1, 0.15) is 38.3 Å². The zero-order valence-corrected chi connectivity index (χ0v) is 23.0. The van der Waals surface area contributed by atoms with Crippen molar-refractivity contribution in [1.29, 1.82) is 0 Å². The molecule has 0 saturated carbocycles. The molecule has 1 N–H and O–H groups in total. The van der Waals surface area contributed by atoms with E-state index in [1.165, 1.54) is 11.0 Å². The number of rotatable bonds is 11. The Morgan fingerprint density at radius 2 is 1.74 bits per heavy atom. The first kappa shape index (κ1) is 28.9. The lowest BCUT2D eigenvalue weighted by atomic mass is 10.1. The number of hydrogen-bond acceptors (Lipinski definition) is 4. The molecule has 2 aromatic carbocycles. The van der Waals surface area contributed by atoms with Gasteiger partial charge in [-0.15, -0.1) is 0 Å². The Morgan fingerprint density at radius 3 is 2.31 bits per heavy atom. The predicted octanol–water partition coefficient (Wildman–Crippen LogP) is 4.65. The van der Waals surface area contributed by atoms with Gasteiger partial charge in [0, 0.05) is 23.1 Å². The lowest BCUT2D eigenvalue weighted by Crippen LogP contribution is -2.52. The van der Waals surface area contributed by atoms with E-state index >= 15 is 0 Å². The number of carbonyl (C=O) groups excluding carboxylic acids is 2. The van der Waals surface area contributed by atoms with Crippen LogP contribution in [0.3, 0.4) is 0 Å². The van der Waals surface area contributed by atoms with Gasteiger partial charge in [0.15, 0.2) is 0 Å². The third-order valence-corrected chi connectivity index (χ3v) is 7.22. The van der Waals surface area contributed by atoms with E-state index in [1.54, 1.807) is 43.3 Å². The van der Waals surface area contributed by atoms with E-state index in [0.29, 0.717) is 39.8 Å². The smallest absolute Gasteiger partial charge is 0.244 e. The van der Waals surface area contributed by atoms with Crippen molar-refractivity contribution in [1.82, 2.24) is 10.2 Å². The summed E-state index contributed by atoms with van der Waals surface area (Å²) in [5.41, 5.74) is 1.61. The first-order valence-corrected chi connectivity index (χ1v) is 14.0. The molecule has 0 spiro atoms. The summed E-state index contributed by atoms with van der Waals surface area (Å²) in [4.78, 5) is 28.2. The number of anilines is 1. The van der Waals surface area contributed by atoms with Gasteiger partial charge in [-0.25, -0.2) is 8.42 Å². The third-order valence-electron chi connectivity index (χ3n) is 5.49. The summed E-state index contributed by atoms with van der Waals surface area (Å²) in [6, 6.07) is 11.1. The van der Waals surface area contributed by atoms with Gasteiger partial charge in [-0.05, 0) is 48.6 Å². The van der Waals surface area contributed by atoms with Gasteiger partial charge in [0.2, 0.25) is 21.8 Å². The minimum atomic E-state index is -3.84. The normalized spacial score (nSPS) is 12.3. The quantitative estimate of drug-likeness (QED) is 0.448. The fourth-order valence-corrected chi connectivity index (χ4v) is 4.86. The van der Waals surface area contributed by atoms with Gasteiger partial charge in [-0.3, -0.25) is 13.9 Å². The summed E-state index contributed by atoms with van der Waals surface area (Å²) >= 11 is 12.5. The SMILES string of the molecule is CC[C@@H](C(=O)NCC(C)C)N(Cc1ccccc1Cl)C(=O)CN(c1cc(Cl)ccc1C)S(C)(=O)=O. The highest BCUT2D eigenvalue weighted by molar-refractivity contribution is 7.92. The maximum absolute atomic E-state index is 13.7. The Labute approximate surface area is 218 Å². The van der Waals surface area contributed by atoms with Gasteiger partial charge in [-0.1, -0.05) is 68.2 Å².